The highest BCUT2D eigenvalue weighted by Gasteiger charge is 2.05. The number of hydrogen-bond donors (Lipinski definition) is 2. The quantitative estimate of drug-likeness (QED) is 0.769. The fourth-order valence-corrected chi connectivity index (χ4v) is 2.28. The summed E-state index contributed by atoms with van der Waals surface area (Å²) in [4.78, 5) is 12.0. The third-order valence-electron chi connectivity index (χ3n) is 3.54. The summed E-state index contributed by atoms with van der Waals surface area (Å²) in [7, 11) is 3.20. The normalized spacial score (nSPS) is 10.2. The van der Waals surface area contributed by atoms with Gasteiger partial charge in [0.25, 0.3) is 0 Å². The zero-order chi connectivity index (χ0) is 16.7. The summed E-state index contributed by atoms with van der Waals surface area (Å²) in [5.41, 5.74) is 8.19. The monoisotopic (exact) mass is 314 g/mol. The largest absolute Gasteiger partial charge is 0.497 e. The number of nitrogen functional groups attached to an aromatic ring is 1. The molecular weight excluding hydrogens is 292 g/mol. The van der Waals surface area contributed by atoms with Gasteiger partial charge >= 0.3 is 0 Å². The minimum Gasteiger partial charge on any atom is -0.497 e. The van der Waals surface area contributed by atoms with E-state index in [-0.39, 0.29) is 5.91 Å². The Bertz CT molecular complexity index is 654. The van der Waals surface area contributed by atoms with Crippen molar-refractivity contribution in [1.82, 2.24) is 0 Å². The molecule has 3 N–H and O–H groups in total. The van der Waals surface area contributed by atoms with Crippen LogP contribution in [0.15, 0.2) is 42.5 Å². The third-order valence-corrected chi connectivity index (χ3v) is 3.54. The molecule has 2 aromatic rings. The lowest BCUT2D eigenvalue weighted by molar-refractivity contribution is -0.116. The van der Waals surface area contributed by atoms with Gasteiger partial charge in [0, 0.05) is 12.1 Å². The molecule has 0 aliphatic rings. The van der Waals surface area contributed by atoms with Crippen molar-refractivity contribution >= 4 is 17.3 Å². The minimum absolute atomic E-state index is 0.0249. The zero-order valence-corrected chi connectivity index (χ0v) is 13.5. The van der Waals surface area contributed by atoms with Crippen molar-refractivity contribution in [3.8, 4) is 11.5 Å². The second-order valence-corrected chi connectivity index (χ2v) is 5.21. The van der Waals surface area contributed by atoms with Crippen LogP contribution in [-0.2, 0) is 11.2 Å². The van der Waals surface area contributed by atoms with Crippen LogP contribution in [0.3, 0.4) is 0 Å². The highest BCUT2D eigenvalue weighted by atomic mass is 16.5. The molecule has 0 saturated heterocycles. The van der Waals surface area contributed by atoms with Gasteiger partial charge in [-0.1, -0.05) is 12.1 Å². The molecule has 23 heavy (non-hydrogen) atoms. The van der Waals surface area contributed by atoms with Crippen LogP contribution in [0.5, 0.6) is 11.5 Å². The van der Waals surface area contributed by atoms with Gasteiger partial charge in [0.2, 0.25) is 5.91 Å². The topological polar surface area (TPSA) is 73.6 Å². The van der Waals surface area contributed by atoms with Crippen LogP contribution in [0.4, 0.5) is 11.4 Å². The van der Waals surface area contributed by atoms with E-state index >= 15 is 0 Å². The van der Waals surface area contributed by atoms with Gasteiger partial charge < -0.3 is 20.5 Å². The molecule has 5 heteroatoms. The standard InChI is InChI=1S/C18H22N2O3/c1-22-15-9-6-13(7-10-15)4-3-5-18(21)20-14-8-11-17(23-2)16(19)12-14/h6-12H,3-5,19H2,1-2H3,(H,20,21). The Balaban J connectivity index is 1.79. The molecule has 2 rings (SSSR count). The molecular formula is C18H22N2O3. The molecule has 0 aliphatic carbocycles. The molecule has 0 unspecified atom stereocenters. The van der Waals surface area contributed by atoms with E-state index in [1.165, 1.54) is 5.56 Å². The van der Waals surface area contributed by atoms with Gasteiger partial charge in [-0.05, 0) is 48.7 Å². The number of carbonyl (C=O) groups is 1. The number of methoxy groups -OCH3 is 2. The average Bonchev–Trinajstić information content (AvgIpc) is 2.55. The Labute approximate surface area is 136 Å². The van der Waals surface area contributed by atoms with Gasteiger partial charge in [-0.15, -0.1) is 0 Å². The van der Waals surface area contributed by atoms with Crippen molar-refractivity contribution in [2.45, 2.75) is 19.3 Å². The van der Waals surface area contributed by atoms with E-state index in [9.17, 15) is 4.79 Å². The Morgan fingerprint density at radius 1 is 1.09 bits per heavy atom. The second kappa shape index (κ2) is 8.08. The number of carbonyl (C=O) groups excluding carboxylic acids is 1. The van der Waals surface area contributed by atoms with Gasteiger partial charge in [-0.25, -0.2) is 0 Å². The molecule has 0 bridgehead atoms. The predicted molar refractivity (Wildman–Crippen MR) is 92.0 cm³/mol. The summed E-state index contributed by atoms with van der Waals surface area (Å²) in [6, 6.07) is 13.1. The van der Waals surface area contributed by atoms with Gasteiger partial charge in [-0.2, -0.15) is 0 Å². The van der Waals surface area contributed by atoms with Crippen molar-refractivity contribution < 1.29 is 14.3 Å². The van der Waals surface area contributed by atoms with E-state index in [2.05, 4.69) is 5.32 Å². The number of anilines is 2. The van der Waals surface area contributed by atoms with Crippen LogP contribution in [0, 0.1) is 0 Å². The van der Waals surface area contributed by atoms with Crippen molar-refractivity contribution in [2.75, 3.05) is 25.3 Å². The second-order valence-electron chi connectivity index (χ2n) is 5.21. The number of benzene rings is 2. The molecule has 122 valence electrons. The van der Waals surface area contributed by atoms with Gasteiger partial charge in [0.1, 0.15) is 11.5 Å². The molecule has 0 radical (unpaired) electrons. The lowest BCUT2D eigenvalue weighted by Crippen LogP contribution is -2.11. The molecule has 0 atom stereocenters. The van der Waals surface area contributed by atoms with E-state index < -0.39 is 0 Å². The van der Waals surface area contributed by atoms with E-state index in [1.54, 1.807) is 32.4 Å². The summed E-state index contributed by atoms with van der Waals surface area (Å²) in [6.07, 6.45) is 2.09. The van der Waals surface area contributed by atoms with Gasteiger partial charge in [-0.3, -0.25) is 4.79 Å². The predicted octanol–water partition coefficient (Wildman–Crippen LogP) is 3.25. The molecule has 0 aliphatic heterocycles. The molecule has 0 saturated carbocycles. The number of ether oxygens (including phenoxy) is 2. The first-order valence-corrected chi connectivity index (χ1v) is 7.48. The van der Waals surface area contributed by atoms with E-state index in [0.717, 1.165) is 18.6 Å². The van der Waals surface area contributed by atoms with Crippen molar-refractivity contribution in [3.05, 3.63) is 48.0 Å². The van der Waals surface area contributed by atoms with Crippen molar-refractivity contribution in [1.29, 1.82) is 0 Å². The Morgan fingerprint density at radius 3 is 2.43 bits per heavy atom. The lowest BCUT2D eigenvalue weighted by Gasteiger charge is -2.09. The maximum atomic E-state index is 12.0. The Hall–Kier alpha value is -2.69. The van der Waals surface area contributed by atoms with Crippen LogP contribution in [0.2, 0.25) is 0 Å². The number of rotatable bonds is 7. The van der Waals surface area contributed by atoms with Gasteiger partial charge in [0.15, 0.2) is 0 Å². The summed E-state index contributed by atoms with van der Waals surface area (Å²) in [6.45, 7) is 0. The number of nitrogens with two attached hydrogens (primary N) is 1. The first-order valence-electron chi connectivity index (χ1n) is 7.48. The molecule has 0 aromatic heterocycles. The van der Waals surface area contributed by atoms with Crippen molar-refractivity contribution in [3.63, 3.8) is 0 Å². The Morgan fingerprint density at radius 2 is 1.83 bits per heavy atom. The highest BCUT2D eigenvalue weighted by Crippen LogP contribution is 2.24. The summed E-state index contributed by atoms with van der Waals surface area (Å²) in [5.74, 6) is 1.41. The number of aryl methyl sites for hydroxylation is 1. The number of nitrogens with one attached hydrogen (secondary N) is 1. The van der Waals surface area contributed by atoms with E-state index in [4.69, 9.17) is 15.2 Å². The molecule has 2 aromatic carbocycles. The maximum absolute atomic E-state index is 12.0. The average molecular weight is 314 g/mol. The Kier molecular flexibility index (Phi) is 5.86. The number of amides is 1. The summed E-state index contributed by atoms with van der Waals surface area (Å²) >= 11 is 0. The molecule has 0 fully saturated rings. The minimum atomic E-state index is -0.0249. The SMILES string of the molecule is COc1ccc(CCCC(=O)Nc2ccc(OC)c(N)c2)cc1. The third kappa shape index (κ3) is 4.92. The molecule has 0 spiro atoms. The first-order chi connectivity index (χ1) is 11.1. The highest BCUT2D eigenvalue weighted by molar-refractivity contribution is 5.91. The van der Waals surface area contributed by atoms with Gasteiger partial charge in [0.05, 0.1) is 19.9 Å². The molecule has 1 amide bonds. The van der Waals surface area contributed by atoms with E-state index in [1.807, 2.05) is 24.3 Å². The fourth-order valence-electron chi connectivity index (χ4n) is 2.28. The van der Waals surface area contributed by atoms with Crippen LogP contribution < -0.4 is 20.5 Å². The number of hydrogen-bond acceptors (Lipinski definition) is 4. The van der Waals surface area contributed by atoms with Crippen LogP contribution in [0.1, 0.15) is 18.4 Å². The van der Waals surface area contributed by atoms with Crippen LogP contribution in [0.25, 0.3) is 0 Å². The van der Waals surface area contributed by atoms with E-state index in [0.29, 0.717) is 23.5 Å². The molecule has 5 nitrogen and oxygen atoms in total. The van der Waals surface area contributed by atoms with Crippen LogP contribution >= 0.6 is 0 Å². The fraction of sp³-hybridized carbons (Fsp3) is 0.278. The summed E-state index contributed by atoms with van der Waals surface area (Å²) < 4.78 is 10.2. The zero-order valence-electron chi connectivity index (χ0n) is 13.5. The first kappa shape index (κ1) is 16.7. The summed E-state index contributed by atoms with van der Waals surface area (Å²) in [5, 5.41) is 2.84. The molecule has 0 heterocycles. The lowest BCUT2D eigenvalue weighted by atomic mass is 10.1. The van der Waals surface area contributed by atoms with Crippen molar-refractivity contribution in [2.24, 2.45) is 0 Å². The smallest absolute Gasteiger partial charge is 0.224 e. The maximum Gasteiger partial charge on any atom is 0.224 e. The van der Waals surface area contributed by atoms with Crippen LogP contribution in [-0.4, -0.2) is 20.1 Å².